The van der Waals surface area contributed by atoms with Crippen molar-refractivity contribution in [3.05, 3.63) is 54.0 Å². The van der Waals surface area contributed by atoms with Gasteiger partial charge in [0.15, 0.2) is 0 Å². The van der Waals surface area contributed by atoms with Gasteiger partial charge in [0, 0.05) is 19.6 Å². The van der Waals surface area contributed by atoms with Gasteiger partial charge in [-0.25, -0.2) is 9.97 Å². The summed E-state index contributed by atoms with van der Waals surface area (Å²) >= 11 is 0. The number of amides is 1. The first-order valence-corrected chi connectivity index (χ1v) is 8.11. The molecule has 1 aliphatic rings. The van der Waals surface area contributed by atoms with Crippen molar-refractivity contribution < 1.29 is 4.79 Å². The molecule has 0 unspecified atom stereocenters. The van der Waals surface area contributed by atoms with Gasteiger partial charge in [-0.15, -0.1) is 0 Å². The zero-order chi connectivity index (χ0) is 16.1. The number of carbonyl (C=O) groups is 1. The summed E-state index contributed by atoms with van der Waals surface area (Å²) in [5.41, 5.74) is 1.42. The van der Waals surface area contributed by atoms with Crippen LogP contribution in [0.1, 0.15) is 35.8 Å². The van der Waals surface area contributed by atoms with E-state index < -0.39 is 0 Å². The minimum atomic E-state index is -0.194. The number of hydrogen-bond acceptors (Lipinski definition) is 4. The molecule has 1 aliphatic heterocycles. The Hall–Kier alpha value is -2.43. The monoisotopic (exact) mass is 310 g/mol. The normalized spacial score (nSPS) is 15.4. The molecule has 1 aromatic heterocycles. The van der Waals surface area contributed by atoms with Crippen LogP contribution in [0.15, 0.2) is 42.7 Å². The SMILES string of the molecule is CC1CCN(c2cnc(C(=O)NCc3ccccc3)cn2)CC1. The van der Waals surface area contributed by atoms with Gasteiger partial charge in [0.05, 0.1) is 12.4 Å². The van der Waals surface area contributed by atoms with Crippen molar-refractivity contribution in [2.24, 2.45) is 5.92 Å². The van der Waals surface area contributed by atoms with E-state index in [9.17, 15) is 4.79 Å². The van der Waals surface area contributed by atoms with Crippen LogP contribution in [-0.4, -0.2) is 29.0 Å². The van der Waals surface area contributed by atoms with Crippen LogP contribution in [-0.2, 0) is 6.54 Å². The first-order chi connectivity index (χ1) is 11.2. The van der Waals surface area contributed by atoms with Gasteiger partial charge in [-0.05, 0) is 24.3 Å². The van der Waals surface area contributed by atoms with Crippen molar-refractivity contribution in [1.82, 2.24) is 15.3 Å². The molecular formula is C18H22N4O. The van der Waals surface area contributed by atoms with Gasteiger partial charge in [0.1, 0.15) is 11.5 Å². The quantitative estimate of drug-likeness (QED) is 0.943. The van der Waals surface area contributed by atoms with Gasteiger partial charge in [-0.1, -0.05) is 37.3 Å². The average Bonchev–Trinajstić information content (AvgIpc) is 2.61. The molecule has 1 aromatic carbocycles. The topological polar surface area (TPSA) is 58.1 Å². The van der Waals surface area contributed by atoms with E-state index in [0.29, 0.717) is 12.2 Å². The van der Waals surface area contributed by atoms with Crippen LogP contribution in [0.5, 0.6) is 0 Å². The minimum absolute atomic E-state index is 0.194. The highest BCUT2D eigenvalue weighted by Crippen LogP contribution is 2.20. The van der Waals surface area contributed by atoms with Crippen LogP contribution in [0.2, 0.25) is 0 Å². The van der Waals surface area contributed by atoms with Crippen molar-refractivity contribution >= 4 is 11.7 Å². The van der Waals surface area contributed by atoms with Crippen molar-refractivity contribution in [2.45, 2.75) is 26.3 Å². The van der Waals surface area contributed by atoms with Gasteiger partial charge in [-0.2, -0.15) is 0 Å². The van der Waals surface area contributed by atoms with Gasteiger partial charge >= 0.3 is 0 Å². The van der Waals surface area contributed by atoms with Gasteiger partial charge in [-0.3, -0.25) is 4.79 Å². The fourth-order valence-corrected chi connectivity index (χ4v) is 2.71. The Morgan fingerprint density at radius 3 is 2.57 bits per heavy atom. The summed E-state index contributed by atoms with van der Waals surface area (Å²) in [6.07, 6.45) is 5.63. The standard InChI is InChI=1S/C18H22N4O/c1-14-7-9-22(10-8-14)17-13-19-16(12-20-17)18(23)21-11-15-5-3-2-4-6-15/h2-6,12-14H,7-11H2,1H3,(H,21,23). The molecule has 0 radical (unpaired) electrons. The third-order valence-corrected chi connectivity index (χ3v) is 4.27. The van der Waals surface area contributed by atoms with E-state index in [2.05, 4.69) is 27.1 Å². The predicted molar refractivity (Wildman–Crippen MR) is 90.3 cm³/mol. The molecule has 120 valence electrons. The summed E-state index contributed by atoms with van der Waals surface area (Å²) in [6.45, 7) is 4.79. The van der Waals surface area contributed by atoms with Crippen molar-refractivity contribution in [3.8, 4) is 0 Å². The maximum atomic E-state index is 12.1. The minimum Gasteiger partial charge on any atom is -0.355 e. The molecule has 1 saturated heterocycles. The molecule has 1 amide bonds. The molecule has 23 heavy (non-hydrogen) atoms. The molecule has 0 aliphatic carbocycles. The Bertz CT molecular complexity index is 634. The molecule has 0 spiro atoms. The maximum Gasteiger partial charge on any atom is 0.271 e. The van der Waals surface area contributed by atoms with Crippen LogP contribution in [0.3, 0.4) is 0 Å². The Morgan fingerprint density at radius 2 is 1.91 bits per heavy atom. The molecule has 3 rings (SSSR count). The van der Waals surface area contributed by atoms with Crippen LogP contribution < -0.4 is 10.2 Å². The molecule has 0 saturated carbocycles. The average molecular weight is 310 g/mol. The Kier molecular flexibility index (Phi) is 4.86. The number of hydrogen-bond donors (Lipinski definition) is 1. The zero-order valence-electron chi connectivity index (χ0n) is 13.4. The molecule has 2 heterocycles. The number of benzene rings is 1. The zero-order valence-corrected chi connectivity index (χ0v) is 13.4. The summed E-state index contributed by atoms with van der Waals surface area (Å²) in [6, 6.07) is 9.82. The van der Waals surface area contributed by atoms with Crippen LogP contribution in [0.4, 0.5) is 5.82 Å². The number of aromatic nitrogens is 2. The Balaban J connectivity index is 1.57. The largest absolute Gasteiger partial charge is 0.355 e. The smallest absolute Gasteiger partial charge is 0.271 e. The van der Waals surface area contributed by atoms with Crippen molar-refractivity contribution in [1.29, 1.82) is 0 Å². The van der Waals surface area contributed by atoms with E-state index in [1.54, 1.807) is 12.4 Å². The highest BCUT2D eigenvalue weighted by atomic mass is 16.1. The second-order valence-corrected chi connectivity index (χ2v) is 6.10. The predicted octanol–water partition coefficient (Wildman–Crippen LogP) is 2.64. The van der Waals surface area contributed by atoms with E-state index >= 15 is 0 Å². The van der Waals surface area contributed by atoms with E-state index in [-0.39, 0.29) is 5.91 Å². The van der Waals surface area contributed by atoms with E-state index in [1.807, 2.05) is 30.3 Å². The molecule has 1 fully saturated rings. The number of carbonyl (C=O) groups excluding carboxylic acids is 1. The van der Waals surface area contributed by atoms with Gasteiger partial charge in [0.2, 0.25) is 0 Å². The number of nitrogens with one attached hydrogen (secondary N) is 1. The fourth-order valence-electron chi connectivity index (χ4n) is 2.71. The lowest BCUT2D eigenvalue weighted by molar-refractivity contribution is 0.0945. The Morgan fingerprint density at radius 1 is 1.17 bits per heavy atom. The maximum absolute atomic E-state index is 12.1. The van der Waals surface area contributed by atoms with Crippen LogP contribution >= 0.6 is 0 Å². The van der Waals surface area contributed by atoms with Crippen molar-refractivity contribution in [3.63, 3.8) is 0 Å². The molecule has 5 nitrogen and oxygen atoms in total. The molecule has 5 heteroatoms. The highest BCUT2D eigenvalue weighted by Gasteiger charge is 2.17. The lowest BCUT2D eigenvalue weighted by Gasteiger charge is -2.30. The molecule has 1 N–H and O–H groups in total. The lowest BCUT2D eigenvalue weighted by Crippen LogP contribution is -2.33. The second kappa shape index (κ2) is 7.22. The van der Waals surface area contributed by atoms with E-state index in [4.69, 9.17) is 0 Å². The molecule has 0 atom stereocenters. The van der Waals surface area contributed by atoms with Crippen molar-refractivity contribution in [2.75, 3.05) is 18.0 Å². The van der Waals surface area contributed by atoms with Crippen LogP contribution in [0.25, 0.3) is 0 Å². The first-order valence-electron chi connectivity index (χ1n) is 8.11. The first kappa shape index (κ1) is 15.5. The summed E-state index contributed by atoms with van der Waals surface area (Å²) in [5.74, 6) is 1.44. The summed E-state index contributed by atoms with van der Waals surface area (Å²) < 4.78 is 0. The third-order valence-electron chi connectivity index (χ3n) is 4.27. The van der Waals surface area contributed by atoms with Crippen LogP contribution in [0, 0.1) is 5.92 Å². The summed E-state index contributed by atoms with van der Waals surface area (Å²) in [5, 5.41) is 2.86. The second-order valence-electron chi connectivity index (χ2n) is 6.10. The fraction of sp³-hybridized carbons (Fsp3) is 0.389. The van der Waals surface area contributed by atoms with E-state index in [1.165, 1.54) is 12.8 Å². The van der Waals surface area contributed by atoms with Gasteiger partial charge < -0.3 is 10.2 Å². The number of nitrogens with zero attached hydrogens (tertiary/aromatic N) is 3. The molecule has 0 bridgehead atoms. The highest BCUT2D eigenvalue weighted by molar-refractivity contribution is 5.91. The number of piperidine rings is 1. The number of anilines is 1. The summed E-state index contributed by atoms with van der Waals surface area (Å²) in [4.78, 5) is 23.0. The lowest BCUT2D eigenvalue weighted by atomic mass is 9.99. The number of rotatable bonds is 4. The summed E-state index contributed by atoms with van der Waals surface area (Å²) in [7, 11) is 0. The van der Waals surface area contributed by atoms with E-state index in [0.717, 1.165) is 30.4 Å². The molecular weight excluding hydrogens is 288 g/mol. The van der Waals surface area contributed by atoms with Gasteiger partial charge in [0.25, 0.3) is 5.91 Å². The molecule has 2 aromatic rings. The third kappa shape index (κ3) is 4.06. The Labute approximate surface area is 136 Å².